The van der Waals surface area contributed by atoms with Gasteiger partial charge in [0, 0.05) is 99.2 Å². The molecular weight excluding hydrogens is 1370 g/mol. The monoisotopic (exact) mass is 1430 g/mol. The SMILES string of the molecule is c1ccc(-c2nc(-c3ccc(-c4ccc5c6cc(-c7ccc8c(c7)c7ccccc7n8-c7cccc(-c8nc(-c9ccccc9)nc(-c9ccccc9)n8)c7)ccc6n(-c6ccccc6)c5c4)cc3)nc(-c3ccc(-n4c5ccccc5c5cc(-c6ccc7c(c6)c6ccccc6n7-c6ccccc6)ccc54)cc3)n2)cc1. The molecule has 0 N–H and O–H groups in total. The molecule has 22 rings (SSSR count). The van der Waals surface area contributed by atoms with Crippen molar-refractivity contribution in [2.45, 2.75) is 0 Å². The Morgan fingerprint density at radius 2 is 0.366 bits per heavy atom. The van der Waals surface area contributed by atoms with Gasteiger partial charge in [-0.3, -0.25) is 0 Å². The van der Waals surface area contributed by atoms with Gasteiger partial charge in [0.1, 0.15) is 0 Å². The van der Waals surface area contributed by atoms with Gasteiger partial charge in [-0.25, -0.2) is 29.9 Å². The number of nitrogens with zero attached hydrogens (tertiary/aromatic N) is 10. The molecule has 16 aromatic carbocycles. The fourth-order valence-electron chi connectivity index (χ4n) is 16.7. The maximum atomic E-state index is 5.26. The van der Waals surface area contributed by atoms with E-state index in [4.69, 9.17) is 29.9 Å². The van der Waals surface area contributed by atoms with E-state index in [2.05, 4.69) is 328 Å². The zero-order chi connectivity index (χ0) is 73.7. The lowest BCUT2D eigenvalue weighted by atomic mass is 9.99. The van der Waals surface area contributed by atoms with Gasteiger partial charge in [0.2, 0.25) is 0 Å². The first-order chi connectivity index (χ1) is 55.5. The van der Waals surface area contributed by atoms with Gasteiger partial charge in [-0.1, -0.05) is 255 Å². The summed E-state index contributed by atoms with van der Waals surface area (Å²) in [5.41, 5.74) is 25.7. The molecule has 0 amide bonds. The molecule has 112 heavy (non-hydrogen) atoms. The molecule has 0 fully saturated rings. The lowest BCUT2D eigenvalue weighted by Crippen LogP contribution is -2.01. The summed E-state index contributed by atoms with van der Waals surface area (Å²) in [4.78, 5) is 30.8. The van der Waals surface area contributed by atoms with Crippen molar-refractivity contribution in [3.8, 4) is 124 Å². The van der Waals surface area contributed by atoms with Crippen LogP contribution in [0.3, 0.4) is 0 Å². The molecule has 22 aromatic rings. The molecule has 0 aliphatic carbocycles. The maximum Gasteiger partial charge on any atom is 0.164 e. The first kappa shape index (κ1) is 64.0. The Kier molecular flexibility index (Phi) is 15.0. The highest BCUT2D eigenvalue weighted by Gasteiger charge is 2.23. The van der Waals surface area contributed by atoms with E-state index < -0.39 is 0 Å². The molecule has 0 bridgehead atoms. The van der Waals surface area contributed by atoms with E-state index in [-0.39, 0.29) is 0 Å². The van der Waals surface area contributed by atoms with Crippen molar-refractivity contribution in [3.63, 3.8) is 0 Å². The predicted molar refractivity (Wildman–Crippen MR) is 459 cm³/mol. The Bertz CT molecular complexity index is 7400. The Balaban J connectivity index is 0.580. The molecule has 0 spiro atoms. The third-order valence-corrected chi connectivity index (χ3v) is 22.1. The van der Waals surface area contributed by atoms with Crippen molar-refractivity contribution in [3.05, 3.63) is 388 Å². The van der Waals surface area contributed by atoms with Crippen molar-refractivity contribution in [1.82, 2.24) is 48.2 Å². The molecule has 0 unspecified atom stereocenters. The van der Waals surface area contributed by atoms with E-state index in [1.54, 1.807) is 0 Å². The number of benzene rings is 16. The van der Waals surface area contributed by atoms with Crippen LogP contribution in [0.1, 0.15) is 0 Å². The standard InChI is InChI=1S/C102H64N10/c1-6-23-66(24-7-1)97-104-100(106-101(105-97)70-45-52-79(53-46-70)110-90-39-20-17-36-82(90)86-61-72(49-56-93(86)110)71-48-55-92-85(60-71)81-35-16-19-38-89(81)109(92)77-30-12-4-13-31-77)69-43-41-65(42-44-69)75-47-54-84-88-63-74(50-57-94(88)111(96(84)64-75)78-32-14-5-15-33-78)73-51-58-95-87(62-73)83-37-18-21-40-91(83)112(95)80-34-22-29-76(59-80)102-107-98(67-25-8-2-9-26-67)103-99(108-102)68-27-10-3-11-28-68/h1-64H. The topological polar surface area (TPSA) is 97.1 Å². The molecule has 0 saturated carbocycles. The van der Waals surface area contributed by atoms with E-state index in [9.17, 15) is 0 Å². The number of hydrogen-bond donors (Lipinski definition) is 0. The van der Waals surface area contributed by atoms with Gasteiger partial charge >= 0.3 is 0 Å². The molecule has 0 aliphatic heterocycles. The van der Waals surface area contributed by atoms with Crippen LogP contribution in [0.2, 0.25) is 0 Å². The highest BCUT2D eigenvalue weighted by Crippen LogP contribution is 2.43. The molecule has 6 aromatic heterocycles. The summed E-state index contributed by atoms with van der Waals surface area (Å²) in [6.45, 7) is 0. The summed E-state index contributed by atoms with van der Waals surface area (Å²) in [6.07, 6.45) is 0. The van der Waals surface area contributed by atoms with Crippen LogP contribution in [-0.4, -0.2) is 48.2 Å². The van der Waals surface area contributed by atoms with Crippen LogP contribution in [0.15, 0.2) is 388 Å². The molecule has 0 radical (unpaired) electrons. The van der Waals surface area contributed by atoms with Gasteiger partial charge in [0.25, 0.3) is 0 Å². The highest BCUT2D eigenvalue weighted by atomic mass is 15.1. The smallest absolute Gasteiger partial charge is 0.164 e. The van der Waals surface area contributed by atoms with Gasteiger partial charge in [0.15, 0.2) is 34.9 Å². The average Bonchev–Trinajstić information content (AvgIpc) is 1.58. The van der Waals surface area contributed by atoms with Gasteiger partial charge in [-0.05, 0) is 167 Å². The second-order valence-corrected chi connectivity index (χ2v) is 28.6. The number of rotatable bonds is 13. The normalized spacial score (nSPS) is 11.8. The summed E-state index contributed by atoms with van der Waals surface area (Å²) < 4.78 is 9.50. The summed E-state index contributed by atoms with van der Waals surface area (Å²) >= 11 is 0. The van der Waals surface area contributed by atoms with Crippen LogP contribution in [0.25, 0.3) is 212 Å². The highest BCUT2D eigenvalue weighted by molar-refractivity contribution is 6.15. The van der Waals surface area contributed by atoms with Crippen molar-refractivity contribution in [2.75, 3.05) is 0 Å². The van der Waals surface area contributed by atoms with Crippen molar-refractivity contribution in [2.24, 2.45) is 0 Å². The van der Waals surface area contributed by atoms with E-state index in [1.165, 1.54) is 65.3 Å². The van der Waals surface area contributed by atoms with Crippen molar-refractivity contribution < 1.29 is 0 Å². The van der Waals surface area contributed by atoms with Crippen molar-refractivity contribution in [1.29, 1.82) is 0 Å². The molecule has 0 saturated heterocycles. The Labute approximate surface area is 644 Å². The fourth-order valence-corrected chi connectivity index (χ4v) is 16.7. The maximum absolute atomic E-state index is 5.26. The molecule has 0 atom stereocenters. The summed E-state index contributed by atoms with van der Waals surface area (Å²) in [7, 11) is 0. The third-order valence-electron chi connectivity index (χ3n) is 22.1. The second kappa shape index (κ2) is 26.3. The van der Waals surface area contributed by atoms with Gasteiger partial charge in [0.05, 0.1) is 44.1 Å². The van der Waals surface area contributed by atoms with E-state index in [0.717, 1.165) is 111 Å². The van der Waals surface area contributed by atoms with Gasteiger partial charge in [-0.2, -0.15) is 0 Å². The first-order valence-corrected chi connectivity index (χ1v) is 37.8. The molecule has 6 heterocycles. The van der Waals surface area contributed by atoms with Crippen LogP contribution in [0, 0.1) is 0 Å². The van der Waals surface area contributed by atoms with Crippen LogP contribution in [-0.2, 0) is 0 Å². The van der Waals surface area contributed by atoms with Crippen LogP contribution in [0.4, 0.5) is 0 Å². The van der Waals surface area contributed by atoms with Gasteiger partial charge < -0.3 is 18.3 Å². The predicted octanol–water partition coefficient (Wildman–Crippen LogP) is 25.4. The second-order valence-electron chi connectivity index (χ2n) is 28.6. The van der Waals surface area contributed by atoms with Gasteiger partial charge in [-0.15, -0.1) is 0 Å². The van der Waals surface area contributed by atoms with Crippen molar-refractivity contribution >= 4 is 87.2 Å². The number of aromatic nitrogens is 10. The zero-order valence-corrected chi connectivity index (χ0v) is 60.4. The Morgan fingerprint density at radius 1 is 0.125 bits per heavy atom. The zero-order valence-electron chi connectivity index (χ0n) is 60.4. The fraction of sp³-hybridized carbons (Fsp3) is 0. The number of para-hydroxylation sites is 5. The van der Waals surface area contributed by atoms with Crippen LogP contribution >= 0.6 is 0 Å². The average molecular weight is 1430 g/mol. The quantitative estimate of drug-likeness (QED) is 0.114. The third kappa shape index (κ3) is 10.9. The molecular formula is C102H64N10. The minimum absolute atomic E-state index is 0.595. The molecule has 10 heteroatoms. The number of hydrogen-bond acceptors (Lipinski definition) is 6. The number of fused-ring (bicyclic) bond motifs is 12. The van der Waals surface area contributed by atoms with E-state index >= 15 is 0 Å². The molecule has 0 aliphatic rings. The summed E-state index contributed by atoms with van der Waals surface area (Å²) in [5, 5.41) is 9.53. The summed E-state index contributed by atoms with van der Waals surface area (Å²) in [6, 6.07) is 138. The summed E-state index contributed by atoms with van der Waals surface area (Å²) in [5.74, 6) is 3.66. The van der Waals surface area contributed by atoms with Crippen LogP contribution in [0.5, 0.6) is 0 Å². The minimum atomic E-state index is 0.595. The largest absolute Gasteiger partial charge is 0.309 e. The first-order valence-electron chi connectivity index (χ1n) is 37.8. The Morgan fingerprint density at radius 3 is 0.759 bits per heavy atom. The van der Waals surface area contributed by atoms with E-state index in [1.807, 2.05) is 78.9 Å². The minimum Gasteiger partial charge on any atom is -0.309 e. The molecule has 522 valence electrons. The van der Waals surface area contributed by atoms with Crippen LogP contribution < -0.4 is 0 Å². The Hall–Kier alpha value is -15.3. The lowest BCUT2D eigenvalue weighted by Gasteiger charge is -2.12. The molecule has 10 nitrogen and oxygen atoms in total. The van der Waals surface area contributed by atoms with E-state index in [0.29, 0.717) is 34.9 Å². The lowest BCUT2D eigenvalue weighted by molar-refractivity contribution is 1.07.